The van der Waals surface area contributed by atoms with Gasteiger partial charge in [-0.05, 0) is 23.8 Å². The van der Waals surface area contributed by atoms with E-state index in [2.05, 4.69) is 9.97 Å². The maximum absolute atomic E-state index is 12.9. The molecule has 0 radical (unpaired) electrons. The number of hydrogen-bond donors (Lipinski definition) is 1. The summed E-state index contributed by atoms with van der Waals surface area (Å²) in [6.45, 7) is 0.149. The first-order chi connectivity index (χ1) is 13.7. The summed E-state index contributed by atoms with van der Waals surface area (Å²) >= 11 is 0. The fraction of sp³-hybridized carbons (Fsp3) is 0.0909. The average molecular weight is 371 g/mol. The third-order valence-electron chi connectivity index (χ3n) is 4.65. The van der Waals surface area contributed by atoms with Crippen LogP contribution in [0.2, 0.25) is 0 Å². The first-order valence-corrected chi connectivity index (χ1v) is 8.80. The molecule has 1 atom stereocenters. The predicted octanol–water partition coefficient (Wildman–Crippen LogP) is 3.10. The van der Waals surface area contributed by atoms with E-state index in [0.717, 1.165) is 0 Å². The fourth-order valence-electron chi connectivity index (χ4n) is 3.35. The second-order valence-electron chi connectivity index (χ2n) is 6.40. The molecular formula is C22H17N3O3. The van der Waals surface area contributed by atoms with Crippen LogP contribution in [-0.4, -0.2) is 31.7 Å². The highest BCUT2D eigenvalue weighted by Gasteiger charge is 2.46. The van der Waals surface area contributed by atoms with Gasteiger partial charge in [0.2, 0.25) is 0 Å². The lowest BCUT2D eigenvalue weighted by molar-refractivity contribution is -0.140. The Labute approximate surface area is 161 Å². The third kappa shape index (κ3) is 3.16. The Morgan fingerprint density at radius 1 is 0.964 bits per heavy atom. The Morgan fingerprint density at radius 2 is 1.75 bits per heavy atom. The highest BCUT2D eigenvalue weighted by Crippen LogP contribution is 2.39. The van der Waals surface area contributed by atoms with E-state index in [-0.39, 0.29) is 17.9 Å². The van der Waals surface area contributed by atoms with E-state index in [9.17, 15) is 14.7 Å². The number of amides is 1. The molecular weight excluding hydrogens is 354 g/mol. The number of aliphatic hydroxyl groups excluding tert-OH is 1. The maximum atomic E-state index is 12.9. The molecule has 1 unspecified atom stereocenters. The molecule has 1 aliphatic heterocycles. The molecule has 3 aromatic rings. The van der Waals surface area contributed by atoms with Crippen LogP contribution in [0.1, 0.15) is 22.9 Å². The van der Waals surface area contributed by atoms with Gasteiger partial charge in [-0.3, -0.25) is 19.6 Å². The average Bonchev–Trinajstić information content (AvgIpc) is 3.00. The molecule has 1 aromatic carbocycles. The number of carbonyl (C=O) groups excluding carboxylic acids is 2. The lowest BCUT2D eigenvalue weighted by Gasteiger charge is -2.24. The lowest BCUT2D eigenvalue weighted by atomic mass is 9.96. The molecule has 2 aromatic heterocycles. The number of rotatable bonds is 4. The number of ketones is 1. The molecule has 1 N–H and O–H groups in total. The molecule has 0 saturated carbocycles. The van der Waals surface area contributed by atoms with E-state index >= 15 is 0 Å². The predicted molar refractivity (Wildman–Crippen MR) is 103 cm³/mol. The van der Waals surface area contributed by atoms with Gasteiger partial charge in [0.1, 0.15) is 5.76 Å². The molecule has 6 heteroatoms. The number of nitrogens with zero attached hydrogens (tertiary/aromatic N) is 3. The van der Waals surface area contributed by atoms with E-state index < -0.39 is 17.7 Å². The van der Waals surface area contributed by atoms with E-state index in [1.54, 1.807) is 67.1 Å². The van der Waals surface area contributed by atoms with Crippen LogP contribution in [0.15, 0.2) is 84.8 Å². The highest BCUT2D eigenvalue weighted by molar-refractivity contribution is 6.46. The van der Waals surface area contributed by atoms with E-state index in [1.807, 2.05) is 12.1 Å². The van der Waals surface area contributed by atoms with Crippen LogP contribution in [0.25, 0.3) is 5.76 Å². The summed E-state index contributed by atoms with van der Waals surface area (Å²) in [5.74, 6) is -1.58. The van der Waals surface area contributed by atoms with Gasteiger partial charge >= 0.3 is 0 Å². The standard InChI is InChI=1S/C22H17N3O3/c26-20(15-7-2-1-3-8-15)18-19(16-9-6-11-23-13-16)25(22(28)21(18)27)14-17-10-4-5-12-24-17/h1-13,19,26H,14H2/b20-18+. The third-order valence-corrected chi connectivity index (χ3v) is 4.65. The normalized spacial score (nSPS) is 18.4. The van der Waals surface area contributed by atoms with Gasteiger partial charge in [-0.1, -0.05) is 42.5 Å². The molecule has 1 amide bonds. The highest BCUT2D eigenvalue weighted by atomic mass is 16.3. The van der Waals surface area contributed by atoms with E-state index in [0.29, 0.717) is 16.8 Å². The minimum atomic E-state index is -0.740. The second-order valence-corrected chi connectivity index (χ2v) is 6.40. The molecule has 1 aliphatic rings. The summed E-state index contributed by atoms with van der Waals surface area (Å²) in [6, 6.07) is 16.9. The SMILES string of the molecule is O=C1C(=O)N(Cc2ccccn2)C(c2cccnc2)/C1=C(\O)c1ccccc1. The zero-order valence-electron chi connectivity index (χ0n) is 14.9. The summed E-state index contributed by atoms with van der Waals surface area (Å²) in [7, 11) is 0. The molecule has 3 heterocycles. The minimum Gasteiger partial charge on any atom is -0.507 e. The van der Waals surface area contributed by atoms with Crippen LogP contribution >= 0.6 is 0 Å². The molecule has 0 bridgehead atoms. The van der Waals surface area contributed by atoms with Crippen LogP contribution in [0.4, 0.5) is 0 Å². The van der Waals surface area contributed by atoms with Crippen LogP contribution < -0.4 is 0 Å². The quantitative estimate of drug-likeness (QED) is 0.433. The molecule has 138 valence electrons. The number of hydrogen-bond acceptors (Lipinski definition) is 5. The van der Waals surface area contributed by atoms with Crippen molar-refractivity contribution in [3.63, 3.8) is 0 Å². The Hall–Kier alpha value is -3.80. The van der Waals surface area contributed by atoms with Gasteiger partial charge in [-0.15, -0.1) is 0 Å². The van der Waals surface area contributed by atoms with Gasteiger partial charge in [-0.25, -0.2) is 0 Å². The fourth-order valence-corrected chi connectivity index (χ4v) is 3.35. The summed E-state index contributed by atoms with van der Waals surface area (Å²) in [5, 5.41) is 10.9. The molecule has 1 saturated heterocycles. The monoisotopic (exact) mass is 371 g/mol. The van der Waals surface area contributed by atoms with Crippen molar-refractivity contribution in [2.45, 2.75) is 12.6 Å². The molecule has 6 nitrogen and oxygen atoms in total. The van der Waals surface area contributed by atoms with Crippen molar-refractivity contribution in [3.8, 4) is 0 Å². The number of aliphatic hydroxyl groups is 1. The lowest BCUT2D eigenvalue weighted by Crippen LogP contribution is -2.29. The second kappa shape index (κ2) is 7.44. The first-order valence-electron chi connectivity index (χ1n) is 8.80. The van der Waals surface area contributed by atoms with Crippen LogP contribution in [0.3, 0.4) is 0 Å². The van der Waals surface area contributed by atoms with Crippen molar-refractivity contribution in [1.82, 2.24) is 14.9 Å². The number of likely N-dealkylation sites (tertiary alicyclic amines) is 1. The Bertz CT molecular complexity index is 1030. The molecule has 1 fully saturated rings. The van der Waals surface area contributed by atoms with Gasteiger partial charge in [0.05, 0.1) is 23.9 Å². The van der Waals surface area contributed by atoms with E-state index in [1.165, 1.54) is 4.90 Å². The van der Waals surface area contributed by atoms with Crippen LogP contribution in [-0.2, 0) is 16.1 Å². The van der Waals surface area contributed by atoms with Crippen LogP contribution in [0, 0.1) is 0 Å². The summed E-state index contributed by atoms with van der Waals surface area (Å²) in [5.41, 5.74) is 1.83. The molecule has 4 rings (SSSR count). The van der Waals surface area contributed by atoms with Crippen molar-refractivity contribution >= 4 is 17.4 Å². The van der Waals surface area contributed by atoms with Gasteiger partial charge < -0.3 is 10.0 Å². The van der Waals surface area contributed by atoms with Gasteiger partial charge in [-0.2, -0.15) is 0 Å². The summed E-state index contributed by atoms with van der Waals surface area (Å²) in [6.07, 6.45) is 4.85. The Morgan fingerprint density at radius 3 is 2.43 bits per heavy atom. The van der Waals surface area contributed by atoms with Gasteiger partial charge in [0, 0.05) is 24.2 Å². The Balaban J connectivity index is 1.85. The number of benzene rings is 1. The molecule has 0 spiro atoms. The van der Waals surface area contributed by atoms with Gasteiger partial charge in [0.25, 0.3) is 11.7 Å². The van der Waals surface area contributed by atoms with Crippen molar-refractivity contribution in [3.05, 3.63) is 102 Å². The zero-order valence-corrected chi connectivity index (χ0v) is 14.9. The first kappa shape index (κ1) is 17.6. The van der Waals surface area contributed by atoms with Crippen molar-refractivity contribution in [2.24, 2.45) is 0 Å². The largest absolute Gasteiger partial charge is 0.507 e. The Kier molecular flexibility index (Phi) is 4.68. The minimum absolute atomic E-state index is 0.0557. The number of pyridine rings is 2. The number of carbonyl (C=O) groups is 2. The summed E-state index contributed by atoms with van der Waals surface area (Å²) < 4.78 is 0. The molecule has 28 heavy (non-hydrogen) atoms. The van der Waals surface area contributed by atoms with Crippen molar-refractivity contribution in [1.29, 1.82) is 0 Å². The van der Waals surface area contributed by atoms with E-state index in [4.69, 9.17) is 0 Å². The van der Waals surface area contributed by atoms with Gasteiger partial charge in [0.15, 0.2) is 0 Å². The topological polar surface area (TPSA) is 83.4 Å². The summed E-state index contributed by atoms with van der Waals surface area (Å²) in [4.78, 5) is 35.5. The smallest absolute Gasteiger partial charge is 0.296 e. The van der Waals surface area contributed by atoms with Crippen molar-refractivity contribution < 1.29 is 14.7 Å². The molecule has 0 aliphatic carbocycles. The zero-order chi connectivity index (χ0) is 19.5. The maximum Gasteiger partial charge on any atom is 0.296 e. The number of Topliss-reactive ketones (excluding diaryl/α,β-unsaturated/α-hetero) is 1. The number of aromatic nitrogens is 2. The van der Waals surface area contributed by atoms with Crippen LogP contribution in [0.5, 0.6) is 0 Å². The van der Waals surface area contributed by atoms with Crippen molar-refractivity contribution in [2.75, 3.05) is 0 Å².